The molecule has 2 aromatic heterocycles. The molecule has 1 saturated carbocycles. The molecule has 1 aromatic carbocycles. The Labute approximate surface area is 209 Å². The maximum Gasteiger partial charge on any atom is 0.341 e. The van der Waals surface area contributed by atoms with E-state index in [1.807, 2.05) is 30.3 Å². The van der Waals surface area contributed by atoms with E-state index in [2.05, 4.69) is 54.1 Å². The number of hydrogen-bond donors (Lipinski definition) is 4. The van der Waals surface area contributed by atoms with Gasteiger partial charge < -0.3 is 16.0 Å². The predicted molar refractivity (Wildman–Crippen MR) is 137 cm³/mol. The maximum atomic E-state index is 12.5. The Bertz CT molecular complexity index is 1310. The summed E-state index contributed by atoms with van der Waals surface area (Å²) in [5.41, 5.74) is 4.77. The van der Waals surface area contributed by atoms with E-state index in [-0.39, 0.29) is 18.1 Å². The number of nitrogens with zero attached hydrogens (tertiary/aromatic N) is 5. The standard InChI is InChI=1S/C26H29N9O/c1-2-19-14-24(35-34-19)32-23-9-10-28-25(33-23)29-20-5-7-21(8-6-20)30-26(36)31-22-12-17-4-3-16(15-27)11-18(17)13-22/h3-4,9-11,14,20-21H,2,5-8,12-13H2,1H3,(H,30,36)(H3,28,29,32,33,34,35)/b31-22+. The lowest BCUT2D eigenvalue weighted by atomic mass is 9.91. The van der Waals surface area contributed by atoms with Crippen molar-refractivity contribution in [2.45, 2.75) is 64.0 Å². The van der Waals surface area contributed by atoms with Crippen molar-refractivity contribution in [2.75, 3.05) is 10.6 Å². The smallest absolute Gasteiger partial charge is 0.341 e. The zero-order valence-electron chi connectivity index (χ0n) is 20.2. The number of aliphatic imine (C=N–C) groups is 1. The zero-order chi connectivity index (χ0) is 24.9. The van der Waals surface area contributed by atoms with Crippen LogP contribution in [0.2, 0.25) is 0 Å². The molecule has 1 fully saturated rings. The number of carbonyl (C=O) groups excluding carboxylic acids is 1. The lowest BCUT2D eigenvalue weighted by Crippen LogP contribution is -2.39. The van der Waals surface area contributed by atoms with Crippen LogP contribution in [0.5, 0.6) is 0 Å². The van der Waals surface area contributed by atoms with Crippen molar-refractivity contribution >= 4 is 29.3 Å². The third-order valence-electron chi connectivity index (χ3n) is 6.70. The highest BCUT2D eigenvalue weighted by Crippen LogP contribution is 2.24. The molecule has 0 unspecified atom stereocenters. The van der Waals surface area contributed by atoms with E-state index in [0.29, 0.717) is 30.2 Å². The SMILES string of the molecule is CCc1cc(Nc2ccnc(NC3CCC(NC(=O)/N=C4\Cc5ccc(C#N)cc5C4)CC3)n2)n[nH]1. The quantitative estimate of drug-likeness (QED) is 0.414. The molecule has 2 aliphatic rings. The molecule has 2 aliphatic carbocycles. The van der Waals surface area contributed by atoms with Gasteiger partial charge in [-0.25, -0.2) is 14.8 Å². The van der Waals surface area contributed by atoms with Gasteiger partial charge in [0, 0.05) is 48.6 Å². The molecule has 2 amide bonds. The third kappa shape index (κ3) is 5.68. The minimum atomic E-state index is -0.276. The summed E-state index contributed by atoms with van der Waals surface area (Å²) in [6, 6.07) is 11.7. The first kappa shape index (κ1) is 23.5. The summed E-state index contributed by atoms with van der Waals surface area (Å²) in [4.78, 5) is 25.7. The molecule has 10 nitrogen and oxygen atoms in total. The van der Waals surface area contributed by atoms with E-state index >= 15 is 0 Å². The fourth-order valence-electron chi connectivity index (χ4n) is 4.76. The number of H-pyrrole nitrogens is 1. The summed E-state index contributed by atoms with van der Waals surface area (Å²) >= 11 is 0. The lowest BCUT2D eigenvalue weighted by Gasteiger charge is -2.29. The second-order valence-electron chi connectivity index (χ2n) is 9.29. The van der Waals surface area contributed by atoms with Gasteiger partial charge in [-0.2, -0.15) is 15.3 Å². The highest BCUT2D eigenvalue weighted by Gasteiger charge is 2.24. The van der Waals surface area contributed by atoms with Gasteiger partial charge in [-0.1, -0.05) is 13.0 Å². The van der Waals surface area contributed by atoms with Gasteiger partial charge in [0.1, 0.15) is 5.82 Å². The average Bonchev–Trinajstić information content (AvgIpc) is 3.50. The van der Waals surface area contributed by atoms with E-state index in [9.17, 15) is 4.79 Å². The number of aromatic amines is 1. The van der Waals surface area contributed by atoms with Crippen LogP contribution in [0.15, 0.2) is 41.5 Å². The first-order valence-corrected chi connectivity index (χ1v) is 12.4. The molecule has 5 rings (SSSR count). The Morgan fingerprint density at radius 1 is 1.11 bits per heavy atom. The van der Waals surface area contributed by atoms with E-state index in [1.165, 1.54) is 0 Å². The minimum absolute atomic E-state index is 0.107. The van der Waals surface area contributed by atoms with Crippen molar-refractivity contribution in [1.82, 2.24) is 25.5 Å². The molecule has 0 atom stereocenters. The minimum Gasteiger partial charge on any atom is -0.351 e. The van der Waals surface area contributed by atoms with Crippen LogP contribution in [0.25, 0.3) is 0 Å². The highest BCUT2D eigenvalue weighted by atomic mass is 16.2. The molecule has 0 radical (unpaired) electrons. The first-order chi connectivity index (χ1) is 17.6. The molecule has 0 aliphatic heterocycles. The van der Waals surface area contributed by atoms with Crippen molar-refractivity contribution in [1.29, 1.82) is 5.26 Å². The van der Waals surface area contributed by atoms with Gasteiger partial charge in [0.15, 0.2) is 5.82 Å². The molecule has 184 valence electrons. The Morgan fingerprint density at radius 2 is 1.92 bits per heavy atom. The maximum absolute atomic E-state index is 12.5. The van der Waals surface area contributed by atoms with Crippen LogP contribution in [0.4, 0.5) is 22.4 Å². The van der Waals surface area contributed by atoms with Crippen molar-refractivity contribution in [3.8, 4) is 6.07 Å². The number of benzene rings is 1. The van der Waals surface area contributed by atoms with Crippen molar-refractivity contribution in [3.05, 3.63) is 58.9 Å². The lowest BCUT2D eigenvalue weighted by molar-refractivity contribution is 0.240. The Hall–Kier alpha value is -4.26. The number of urea groups is 1. The number of anilines is 3. The van der Waals surface area contributed by atoms with Gasteiger partial charge in [-0.3, -0.25) is 5.10 Å². The Kier molecular flexibility index (Phi) is 6.89. The largest absolute Gasteiger partial charge is 0.351 e. The third-order valence-corrected chi connectivity index (χ3v) is 6.70. The highest BCUT2D eigenvalue weighted by molar-refractivity contribution is 6.00. The molecular weight excluding hydrogens is 454 g/mol. The second kappa shape index (κ2) is 10.6. The molecule has 3 aromatic rings. The van der Waals surface area contributed by atoms with Gasteiger partial charge in [0.25, 0.3) is 0 Å². The fourth-order valence-corrected chi connectivity index (χ4v) is 4.76. The summed E-state index contributed by atoms with van der Waals surface area (Å²) in [5.74, 6) is 1.98. The number of aromatic nitrogens is 4. The van der Waals surface area contributed by atoms with Gasteiger partial charge in [0.2, 0.25) is 5.95 Å². The predicted octanol–water partition coefficient (Wildman–Crippen LogP) is 4.05. The molecular formula is C26H29N9O. The summed E-state index contributed by atoms with van der Waals surface area (Å²) in [7, 11) is 0. The Morgan fingerprint density at radius 3 is 2.69 bits per heavy atom. The number of amides is 2. The van der Waals surface area contributed by atoms with E-state index in [4.69, 9.17) is 5.26 Å². The molecule has 0 saturated heterocycles. The van der Waals surface area contributed by atoms with Crippen LogP contribution in [0, 0.1) is 11.3 Å². The molecule has 36 heavy (non-hydrogen) atoms. The summed E-state index contributed by atoms with van der Waals surface area (Å²) in [5, 5.41) is 26.0. The van der Waals surface area contributed by atoms with Gasteiger partial charge in [-0.15, -0.1) is 0 Å². The molecule has 0 bridgehead atoms. The van der Waals surface area contributed by atoms with E-state index in [0.717, 1.165) is 60.5 Å². The van der Waals surface area contributed by atoms with Crippen LogP contribution < -0.4 is 16.0 Å². The van der Waals surface area contributed by atoms with Crippen LogP contribution >= 0.6 is 0 Å². The Balaban J connectivity index is 1.09. The van der Waals surface area contributed by atoms with Gasteiger partial charge in [-0.05, 0) is 61.4 Å². The number of nitrogens with one attached hydrogen (secondary N) is 4. The second-order valence-corrected chi connectivity index (χ2v) is 9.29. The summed E-state index contributed by atoms with van der Waals surface area (Å²) in [6.45, 7) is 2.07. The normalized spacial score (nSPS) is 19.9. The summed E-state index contributed by atoms with van der Waals surface area (Å²) < 4.78 is 0. The number of carbonyl (C=O) groups is 1. The average molecular weight is 484 g/mol. The van der Waals surface area contributed by atoms with Gasteiger partial charge in [0.05, 0.1) is 11.6 Å². The molecule has 4 N–H and O–H groups in total. The molecule has 2 heterocycles. The topological polar surface area (TPSA) is 144 Å². The van der Waals surface area contributed by atoms with Crippen molar-refractivity contribution in [2.24, 2.45) is 4.99 Å². The number of hydrogen-bond acceptors (Lipinski definition) is 7. The monoisotopic (exact) mass is 483 g/mol. The van der Waals surface area contributed by atoms with Crippen molar-refractivity contribution < 1.29 is 4.79 Å². The zero-order valence-corrected chi connectivity index (χ0v) is 20.2. The van der Waals surface area contributed by atoms with Crippen molar-refractivity contribution in [3.63, 3.8) is 0 Å². The van der Waals surface area contributed by atoms with Crippen LogP contribution in [-0.2, 0) is 19.3 Å². The van der Waals surface area contributed by atoms with E-state index < -0.39 is 0 Å². The molecule has 10 heteroatoms. The number of nitriles is 1. The van der Waals surface area contributed by atoms with Crippen LogP contribution in [-0.4, -0.2) is 44.0 Å². The van der Waals surface area contributed by atoms with Crippen LogP contribution in [0.3, 0.4) is 0 Å². The first-order valence-electron chi connectivity index (χ1n) is 12.4. The molecule has 0 spiro atoms. The van der Waals surface area contributed by atoms with Gasteiger partial charge >= 0.3 is 6.03 Å². The van der Waals surface area contributed by atoms with E-state index in [1.54, 1.807) is 6.20 Å². The summed E-state index contributed by atoms with van der Waals surface area (Å²) in [6.07, 6.45) is 7.45. The van der Waals surface area contributed by atoms with Crippen LogP contribution in [0.1, 0.15) is 55.0 Å². The number of fused-ring (bicyclic) bond motifs is 1. The number of aryl methyl sites for hydroxylation is 1. The number of rotatable bonds is 6. The fraction of sp³-hybridized carbons (Fsp3) is 0.385.